The molecule has 0 heterocycles. The van der Waals surface area contributed by atoms with E-state index in [9.17, 15) is 0 Å². The van der Waals surface area contributed by atoms with Crippen LogP contribution in [0, 0.1) is 0 Å². The Kier molecular flexibility index (Phi) is 13.6. The highest BCUT2D eigenvalue weighted by Crippen LogP contribution is 2.50. The largest absolute Gasteiger partial charge is 0.0906 e. The van der Waals surface area contributed by atoms with Crippen LogP contribution in [0.1, 0.15) is 22.3 Å². The van der Waals surface area contributed by atoms with Gasteiger partial charge in [-0.05, 0) is 268 Å². The Morgan fingerprint density at radius 2 is 0.230 bits per heavy atom. The molecule has 18 aromatic rings. The van der Waals surface area contributed by atoms with E-state index in [0.717, 1.165) is 89.1 Å². The lowest BCUT2D eigenvalue weighted by Gasteiger charge is -2.20. The van der Waals surface area contributed by atoms with Crippen molar-refractivity contribution in [2.45, 2.75) is 0 Å². The molecule has 0 heteroatoms. The lowest BCUT2D eigenvalue weighted by atomic mass is 9.83. The van der Waals surface area contributed by atoms with E-state index in [1.165, 1.54) is 131 Å². The molecule has 20 bridgehead atoms. The van der Waals surface area contributed by atoms with Crippen molar-refractivity contribution in [1.82, 2.24) is 0 Å². The van der Waals surface area contributed by atoms with Crippen LogP contribution in [0.4, 0.5) is 0 Å². The molecule has 0 radical (unpaired) electrons. The topological polar surface area (TPSA) is 0 Å². The number of rotatable bonds is 0. The standard InChI is InChI=1S/C100H64/c1-61-62(2)66-23-31-70(32-24-66)74-39-47-78(48-40-74)98-93-57-85-17-9-11-19-87(85)59-95(93)100(96-60-88-20-12-10-18-86(88)58-94(96)98)80-51-43-76(44-52-80)72-35-27-68(28-36-72)64(4)63(3)67-25-33-71(34-26-67)75-41-49-79(50-42-75)99-91-55-83-15-7-5-13-81(83)53-89(91)97(90-54-82-14-6-8-16-84(82)56-92(90)99)77-45-37-73(38-46-77)69-29-21-65(61)22-30-69/h5-60H,1-4H2. The summed E-state index contributed by atoms with van der Waals surface area (Å²) in [6, 6.07) is 126. The van der Waals surface area contributed by atoms with Gasteiger partial charge in [0.05, 0.1) is 0 Å². The van der Waals surface area contributed by atoms with Crippen LogP contribution in [0.5, 0.6) is 0 Å². The van der Waals surface area contributed by atoms with Gasteiger partial charge < -0.3 is 0 Å². The van der Waals surface area contributed by atoms with E-state index >= 15 is 0 Å². The average molecular weight is 1270 g/mol. The van der Waals surface area contributed by atoms with Gasteiger partial charge in [-0.25, -0.2) is 0 Å². The van der Waals surface area contributed by atoms with Gasteiger partial charge in [0.2, 0.25) is 0 Å². The molecule has 0 atom stereocenters. The third-order valence-electron chi connectivity index (χ3n) is 21.4. The molecule has 18 aromatic carbocycles. The quantitative estimate of drug-likeness (QED) is 0.133. The Balaban J connectivity index is 0.733. The van der Waals surface area contributed by atoms with Crippen LogP contribution in [0.25, 0.3) is 197 Å². The van der Waals surface area contributed by atoms with Crippen molar-refractivity contribution >= 4 is 108 Å². The van der Waals surface area contributed by atoms with Gasteiger partial charge in [0.25, 0.3) is 0 Å². The molecule has 0 saturated heterocycles. The van der Waals surface area contributed by atoms with Gasteiger partial charge in [0, 0.05) is 0 Å². The van der Waals surface area contributed by atoms with Gasteiger partial charge in [0.15, 0.2) is 0 Å². The van der Waals surface area contributed by atoms with Gasteiger partial charge in [-0.3, -0.25) is 0 Å². The van der Waals surface area contributed by atoms with Crippen LogP contribution in [-0.2, 0) is 0 Å². The van der Waals surface area contributed by atoms with Crippen molar-refractivity contribution in [1.29, 1.82) is 0 Å². The second-order valence-corrected chi connectivity index (χ2v) is 27.0. The zero-order chi connectivity index (χ0) is 66.7. The van der Waals surface area contributed by atoms with Gasteiger partial charge >= 0.3 is 0 Å². The molecule has 0 spiro atoms. The molecular weight excluding hydrogens is 1200 g/mol. The van der Waals surface area contributed by atoms with E-state index in [-0.39, 0.29) is 0 Å². The lowest BCUT2D eigenvalue weighted by Crippen LogP contribution is -1.93. The monoisotopic (exact) mass is 1260 g/mol. The van der Waals surface area contributed by atoms with Crippen molar-refractivity contribution in [3.63, 3.8) is 0 Å². The smallest absolute Gasteiger partial charge is 0.00259 e. The highest BCUT2D eigenvalue weighted by atomic mass is 14.3. The highest BCUT2D eigenvalue weighted by Gasteiger charge is 2.23. The molecule has 0 aromatic heterocycles. The van der Waals surface area contributed by atoms with Crippen LogP contribution < -0.4 is 0 Å². The Hall–Kier alpha value is -13.0. The van der Waals surface area contributed by atoms with Gasteiger partial charge in [-0.1, -0.05) is 318 Å². The fourth-order valence-electron chi connectivity index (χ4n) is 15.9. The fourth-order valence-corrected chi connectivity index (χ4v) is 15.9. The first kappa shape index (κ1) is 58.4. The summed E-state index contributed by atoms with van der Waals surface area (Å²) in [6.07, 6.45) is 0. The predicted molar refractivity (Wildman–Crippen MR) is 433 cm³/mol. The molecule has 0 aliphatic heterocycles. The number of allylic oxidation sites excluding steroid dienone is 4. The van der Waals surface area contributed by atoms with Gasteiger partial charge in [-0.15, -0.1) is 0 Å². The van der Waals surface area contributed by atoms with Crippen LogP contribution in [0.2, 0.25) is 0 Å². The summed E-state index contributed by atoms with van der Waals surface area (Å²) in [5.41, 5.74) is 26.5. The molecule has 0 N–H and O–H groups in total. The Labute approximate surface area is 582 Å². The first-order chi connectivity index (χ1) is 49.2. The van der Waals surface area contributed by atoms with E-state index in [4.69, 9.17) is 0 Å². The van der Waals surface area contributed by atoms with Crippen molar-refractivity contribution in [3.8, 4) is 89.0 Å². The van der Waals surface area contributed by atoms with Crippen molar-refractivity contribution in [2.75, 3.05) is 0 Å². The number of benzene rings is 18. The third-order valence-corrected chi connectivity index (χ3v) is 21.4. The van der Waals surface area contributed by atoms with Crippen LogP contribution in [0.3, 0.4) is 0 Å². The van der Waals surface area contributed by atoms with E-state index in [0.29, 0.717) is 0 Å². The number of hydrogen-bond donors (Lipinski definition) is 0. The molecule has 0 fully saturated rings. The Morgan fingerprint density at radius 1 is 0.120 bits per heavy atom. The number of hydrogen-bond acceptors (Lipinski definition) is 0. The molecule has 13 aliphatic carbocycles. The summed E-state index contributed by atoms with van der Waals surface area (Å²) < 4.78 is 0. The van der Waals surface area contributed by atoms with Crippen LogP contribution >= 0.6 is 0 Å². The van der Waals surface area contributed by atoms with E-state index < -0.39 is 0 Å². The molecule has 464 valence electrons. The summed E-state index contributed by atoms with van der Waals surface area (Å²) in [6.45, 7) is 18.5. The lowest BCUT2D eigenvalue weighted by molar-refractivity contribution is 1.56. The summed E-state index contributed by atoms with van der Waals surface area (Å²) in [7, 11) is 0. The minimum Gasteiger partial charge on any atom is -0.0906 e. The first-order valence-electron chi connectivity index (χ1n) is 34.4. The summed E-state index contributed by atoms with van der Waals surface area (Å²) in [5.74, 6) is 0. The van der Waals surface area contributed by atoms with Crippen molar-refractivity contribution in [3.05, 3.63) is 388 Å². The molecule has 0 unspecified atom stereocenters. The predicted octanol–water partition coefficient (Wildman–Crippen LogP) is 28.0. The highest BCUT2D eigenvalue weighted by molar-refractivity contribution is 6.27. The molecule has 100 heavy (non-hydrogen) atoms. The minimum absolute atomic E-state index is 0.898. The van der Waals surface area contributed by atoms with Gasteiger partial charge in [0.1, 0.15) is 0 Å². The maximum atomic E-state index is 4.62. The SMILES string of the molecule is C=C1C(=C)c2ccc(cc2)-c2ccc(cc2)-c2c3cc4ccccc4cc3c(c3cc4ccccc4cc23)-c2ccc(cc2)-c2ccc(cc2)C(=C)C(=C)c2ccc(cc2)-c2ccc(cc2)-c2c3cc4ccccc4cc3c(c3cc4ccccc4cc23)-c2ccc(cc2)-c2ccc1cc2. The van der Waals surface area contributed by atoms with E-state index in [1.54, 1.807) is 0 Å². The summed E-state index contributed by atoms with van der Waals surface area (Å²) in [5, 5.41) is 19.5. The van der Waals surface area contributed by atoms with E-state index in [1.807, 2.05) is 0 Å². The molecule has 31 rings (SSSR count). The zero-order valence-corrected chi connectivity index (χ0v) is 55.2. The van der Waals surface area contributed by atoms with Crippen molar-refractivity contribution < 1.29 is 0 Å². The molecular formula is C100H64. The van der Waals surface area contributed by atoms with E-state index in [2.05, 4.69) is 366 Å². The second kappa shape index (κ2) is 23.4. The molecule has 13 aliphatic rings. The van der Waals surface area contributed by atoms with Crippen LogP contribution in [-0.4, -0.2) is 0 Å². The first-order valence-corrected chi connectivity index (χ1v) is 34.4. The van der Waals surface area contributed by atoms with Crippen molar-refractivity contribution in [2.24, 2.45) is 0 Å². The van der Waals surface area contributed by atoms with Gasteiger partial charge in [-0.2, -0.15) is 0 Å². The number of fused-ring (bicyclic) bond motifs is 6. The van der Waals surface area contributed by atoms with Crippen LogP contribution in [0.15, 0.2) is 366 Å². The minimum atomic E-state index is 0.898. The molecule has 0 nitrogen and oxygen atoms in total. The molecule has 0 amide bonds. The summed E-state index contributed by atoms with van der Waals surface area (Å²) >= 11 is 0. The maximum Gasteiger partial charge on any atom is -0.00259 e. The third kappa shape index (κ3) is 9.83. The maximum absolute atomic E-state index is 4.62. The second-order valence-electron chi connectivity index (χ2n) is 27.0. The molecule has 0 saturated carbocycles. The Morgan fingerprint density at radius 3 is 0.360 bits per heavy atom. The Bertz CT molecular complexity index is 5470. The zero-order valence-electron chi connectivity index (χ0n) is 55.2. The average Bonchev–Trinajstić information content (AvgIpc) is 0.724. The normalized spacial score (nSPS) is 12.5. The fraction of sp³-hybridized carbons (Fsp3) is 0. The summed E-state index contributed by atoms with van der Waals surface area (Å²) in [4.78, 5) is 0.